The van der Waals surface area contributed by atoms with Gasteiger partial charge in [0.05, 0.1) is 11.0 Å². The van der Waals surface area contributed by atoms with Gasteiger partial charge in [0.2, 0.25) is 0 Å². The molecule has 0 amide bonds. The van der Waals surface area contributed by atoms with E-state index in [9.17, 15) is 0 Å². The van der Waals surface area contributed by atoms with Gasteiger partial charge in [0.15, 0.2) is 0 Å². The third-order valence-corrected chi connectivity index (χ3v) is 9.11. The van der Waals surface area contributed by atoms with Gasteiger partial charge in [0.1, 0.15) is 11.2 Å². The summed E-state index contributed by atoms with van der Waals surface area (Å²) in [5.41, 5.74) is 13.2. The van der Waals surface area contributed by atoms with E-state index in [1.165, 1.54) is 66.0 Å². The van der Waals surface area contributed by atoms with Gasteiger partial charge in [-0.1, -0.05) is 97.1 Å². The molecule has 0 fully saturated rings. The van der Waals surface area contributed by atoms with Crippen molar-refractivity contribution in [2.24, 2.45) is 0 Å². The quantitative estimate of drug-likeness (QED) is 0.216. The first-order chi connectivity index (χ1) is 20.8. The Balaban J connectivity index is 1.26. The van der Waals surface area contributed by atoms with Crippen LogP contribution in [0.5, 0.6) is 0 Å². The maximum absolute atomic E-state index is 6.11. The van der Waals surface area contributed by atoms with Crippen LogP contribution in [0.25, 0.3) is 93.6 Å². The van der Waals surface area contributed by atoms with Gasteiger partial charge in [-0.2, -0.15) is 0 Å². The lowest BCUT2D eigenvalue weighted by Crippen LogP contribution is -1.95. The zero-order valence-corrected chi connectivity index (χ0v) is 22.6. The summed E-state index contributed by atoms with van der Waals surface area (Å²) in [6.45, 7) is 0. The van der Waals surface area contributed by atoms with Gasteiger partial charge in [0.25, 0.3) is 0 Å². The van der Waals surface area contributed by atoms with Crippen LogP contribution < -0.4 is 0 Å². The van der Waals surface area contributed by atoms with E-state index < -0.39 is 0 Å². The third kappa shape index (κ3) is 2.83. The summed E-state index contributed by atoms with van der Waals surface area (Å²) in [5, 5.41) is 7.51. The van der Waals surface area contributed by atoms with E-state index in [-0.39, 0.29) is 0 Å². The van der Waals surface area contributed by atoms with Crippen molar-refractivity contribution in [3.05, 3.63) is 140 Å². The molecule has 0 saturated heterocycles. The van der Waals surface area contributed by atoms with Crippen molar-refractivity contribution < 1.29 is 4.42 Å². The van der Waals surface area contributed by atoms with E-state index in [1.54, 1.807) is 0 Å². The van der Waals surface area contributed by atoms with Gasteiger partial charge in [-0.05, 0) is 81.2 Å². The van der Waals surface area contributed by atoms with Gasteiger partial charge in [0, 0.05) is 32.6 Å². The lowest BCUT2D eigenvalue weighted by Gasteiger charge is -2.13. The molecule has 0 unspecified atom stereocenters. The molecule has 2 nitrogen and oxygen atoms in total. The highest BCUT2D eigenvalue weighted by Crippen LogP contribution is 2.51. The number of furan rings is 1. The molecule has 0 aliphatic heterocycles. The molecule has 0 spiro atoms. The molecule has 1 aliphatic carbocycles. The van der Waals surface area contributed by atoms with E-state index in [2.05, 4.69) is 132 Å². The molecule has 2 aromatic heterocycles. The number of benzene rings is 7. The van der Waals surface area contributed by atoms with Crippen LogP contribution in [0.2, 0.25) is 0 Å². The Morgan fingerprint density at radius 3 is 2.02 bits per heavy atom. The minimum atomic E-state index is 0.920. The van der Waals surface area contributed by atoms with Gasteiger partial charge in [-0.15, -0.1) is 0 Å². The van der Waals surface area contributed by atoms with Crippen LogP contribution in [-0.2, 0) is 0 Å². The Kier molecular flexibility index (Phi) is 4.21. The fourth-order valence-electron chi connectivity index (χ4n) is 7.32. The molecule has 0 radical (unpaired) electrons. The van der Waals surface area contributed by atoms with Crippen LogP contribution in [0.1, 0.15) is 0 Å². The summed E-state index contributed by atoms with van der Waals surface area (Å²) < 4.78 is 8.57. The monoisotopic (exact) mass is 533 g/mol. The molecule has 194 valence electrons. The molecule has 7 aromatic carbocycles. The van der Waals surface area contributed by atoms with E-state index in [0.29, 0.717) is 0 Å². The number of hydrogen-bond donors (Lipinski definition) is 0. The fraction of sp³-hybridized carbons (Fsp3) is 0. The Hall–Kier alpha value is -5.60. The highest BCUT2D eigenvalue weighted by Gasteiger charge is 2.25. The van der Waals surface area contributed by atoms with Gasteiger partial charge in [-0.25, -0.2) is 0 Å². The third-order valence-electron chi connectivity index (χ3n) is 9.11. The van der Waals surface area contributed by atoms with Gasteiger partial charge < -0.3 is 8.98 Å². The molecule has 0 saturated carbocycles. The second-order valence-corrected chi connectivity index (χ2v) is 11.3. The predicted molar refractivity (Wildman–Crippen MR) is 175 cm³/mol. The lowest BCUT2D eigenvalue weighted by molar-refractivity contribution is 0.669. The Labute approximate surface area is 241 Å². The topological polar surface area (TPSA) is 18.1 Å². The largest absolute Gasteiger partial charge is 0.456 e. The Bertz CT molecular complexity index is 2580. The molecule has 9 aromatic rings. The summed E-state index contributed by atoms with van der Waals surface area (Å²) in [6, 6.07) is 50.6. The smallest absolute Gasteiger partial charge is 0.135 e. The zero-order valence-electron chi connectivity index (χ0n) is 22.6. The zero-order chi connectivity index (χ0) is 27.4. The van der Waals surface area contributed by atoms with Crippen molar-refractivity contribution in [1.82, 2.24) is 4.57 Å². The predicted octanol–water partition coefficient (Wildman–Crippen LogP) is 11.2. The van der Waals surface area contributed by atoms with Crippen molar-refractivity contribution in [3.63, 3.8) is 0 Å². The van der Waals surface area contributed by atoms with Crippen molar-refractivity contribution in [2.75, 3.05) is 0 Å². The van der Waals surface area contributed by atoms with E-state index in [4.69, 9.17) is 4.42 Å². The standard InChI is InChI=1S/C40H23NO/c1-2-12-28-27(11-1)31-15-8-16-32-39(31)34(28)23-35-29-13-3-5-17-36(29)41(40(32)35)26-10-7-9-24(21-26)25-19-20-38-33(22-25)30-14-4-6-18-37(30)42-38/h1-23H. The normalized spacial score (nSPS) is 12.3. The maximum Gasteiger partial charge on any atom is 0.135 e. The first-order valence-electron chi connectivity index (χ1n) is 14.4. The number of hydrogen-bond acceptors (Lipinski definition) is 1. The number of nitrogens with zero attached hydrogens (tertiary/aromatic N) is 1. The summed E-state index contributed by atoms with van der Waals surface area (Å²) in [4.78, 5) is 0. The first-order valence-corrected chi connectivity index (χ1v) is 14.4. The van der Waals surface area contributed by atoms with Crippen LogP contribution in [0, 0.1) is 0 Å². The van der Waals surface area contributed by atoms with Crippen LogP contribution in [0.15, 0.2) is 144 Å². The molecule has 1 aliphatic rings. The van der Waals surface area contributed by atoms with Gasteiger partial charge >= 0.3 is 0 Å². The van der Waals surface area contributed by atoms with Crippen LogP contribution in [0.3, 0.4) is 0 Å². The van der Waals surface area contributed by atoms with Crippen molar-refractivity contribution >= 4 is 54.5 Å². The molecule has 10 rings (SSSR count). The molecule has 0 bridgehead atoms. The van der Waals surface area contributed by atoms with E-state index in [1.807, 2.05) is 12.1 Å². The summed E-state index contributed by atoms with van der Waals surface area (Å²) in [7, 11) is 0. The number of aromatic nitrogens is 1. The average molecular weight is 534 g/mol. The molecule has 2 heteroatoms. The minimum absolute atomic E-state index is 0.920. The van der Waals surface area contributed by atoms with Crippen LogP contribution >= 0.6 is 0 Å². The molecular formula is C40H23NO. The Morgan fingerprint density at radius 1 is 0.405 bits per heavy atom. The first kappa shape index (κ1) is 22.1. The summed E-state index contributed by atoms with van der Waals surface area (Å²) >= 11 is 0. The number of rotatable bonds is 2. The fourth-order valence-corrected chi connectivity index (χ4v) is 7.32. The maximum atomic E-state index is 6.11. The van der Waals surface area contributed by atoms with Crippen LogP contribution in [-0.4, -0.2) is 4.57 Å². The SMILES string of the molecule is c1cc(-c2ccc3oc4ccccc4c3c2)cc(-n2c3ccccc3c3cc4c5c(cccc5c32)-c2ccccc2-4)c1. The van der Waals surface area contributed by atoms with Crippen molar-refractivity contribution in [2.45, 2.75) is 0 Å². The summed E-state index contributed by atoms with van der Waals surface area (Å²) in [5.74, 6) is 0. The number of para-hydroxylation sites is 2. The van der Waals surface area contributed by atoms with E-state index >= 15 is 0 Å². The van der Waals surface area contributed by atoms with Crippen molar-refractivity contribution in [1.29, 1.82) is 0 Å². The molecule has 0 N–H and O–H groups in total. The molecule has 42 heavy (non-hydrogen) atoms. The summed E-state index contributed by atoms with van der Waals surface area (Å²) in [6.07, 6.45) is 0. The average Bonchev–Trinajstić information content (AvgIpc) is 3.70. The second-order valence-electron chi connectivity index (χ2n) is 11.3. The lowest BCUT2D eigenvalue weighted by atomic mass is 9.99. The highest BCUT2D eigenvalue weighted by atomic mass is 16.3. The number of fused-ring (bicyclic) bond motifs is 10. The molecular weight excluding hydrogens is 510 g/mol. The van der Waals surface area contributed by atoms with Crippen molar-refractivity contribution in [3.8, 4) is 39.1 Å². The van der Waals surface area contributed by atoms with Crippen LogP contribution in [0.4, 0.5) is 0 Å². The van der Waals surface area contributed by atoms with E-state index in [0.717, 1.165) is 27.6 Å². The second kappa shape index (κ2) is 7.99. The molecule has 0 atom stereocenters. The highest BCUT2D eigenvalue weighted by molar-refractivity contribution is 6.27. The van der Waals surface area contributed by atoms with Gasteiger partial charge in [-0.3, -0.25) is 0 Å². The Morgan fingerprint density at radius 2 is 1.10 bits per heavy atom. The molecule has 2 heterocycles. The minimum Gasteiger partial charge on any atom is -0.456 e.